The zero-order valence-electron chi connectivity index (χ0n) is 11.6. The molecule has 0 amide bonds. The van der Waals surface area contributed by atoms with Gasteiger partial charge in [-0.1, -0.05) is 11.6 Å². The summed E-state index contributed by atoms with van der Waals surface area (Å²) < 4.78 is 5.31. The zero-order valence-corrected chi connectivity index (χ0v) is 12.3. The van der Waals surface area contributed by atoms with Gasteiger partial charge in [-0.25, -0.2) is 4.79 Å². The molecule has 0 aliphatic rings. The lowest BCUT2D eigenvalue weighted by Gasteiger charge is -2.10. The highest BCUT2D eigenvalue weighted by Gasteiger charge is 2.18. The van der Waals surface area contributed by atoms with E-state index >= 15 is 0 Å². The number of rotatable bonds is 5. The van der Waals surface area contributed by atoms with Crippen molar-refractivity contribution in [1.29, 1.82) is 0 Å². The van der Waals surface area contributed by atoms with Crippen LogP contribution in [0.25, 0.3) is 11.1 Å². The summed E-state index contributed by atoms with van der Waals surface area (Å²) >= 11 is 6.17. The van der Waals surface area contributed by atoms with Crippen LogP contribution in [0.4, 0.5) is 5.69 Å². The van der Waals surface area contributed by atoms with Gasteiger partial charge in [0, 0.05) is 23.3 Å². The maximum Gasteiger partial charge on any atom is 0.336 e. The molecule has 0 aliphatic heterocycles. The van der Waals surface area contributed by atoms with Gasteiger partial charge in [0.25, 0.3) is 5.69 Å². The molecule has 0 aliphatic carbocycles. The van der Waals surface area contributed by atoms with E-state index in [1.807, 2.05) is 6.92 Å². The first-order chi connectivity index (χ1) is 10.4. The highest BCUT2D eigenvalue weighted by atomic mass is 35.5. The van der Waals surface area contributed by atoms with Gasteiger partial charge in [-0.15, -0.1) is 0 Å². The first-order valence-corrected chi connectivity index (χ1v) is 6.76. The van der Waals surface area contributed by atoms with Crippen LogP contribution in [0.3, 0.4) is 0 Å². The molecule has 0 unspecified atom stereocenters. The molecule has 2 aromatic rings. The number of benzene rings is 2. The molecule has 0 bridgehead atoms. The number of aromatic carboxylic acids is 1. The Morgan fingerprint density at radius 1 is 1.27 bits per heavy atom. The topological polar surface area (TPSA) is 89.7 Å². The van der Waals surface area contributed by atoms with Gasteiger partial charge in [-0.05, 0) is 31.2 Å². The first-order valence-electron chi connectivity index (χ1n) is 6.38. The van der Waals surface area contributed by atoms with E-state index in [1.165, 1.54) is 12.1 Å². The number of hydrogen-bond donors (Lipinski definition) is 1. The highest BCUT2D eigenvalue weighted by molar-refractivity contribution is 6.33. The van der Waals surface area contributed by atoms with Gasteiger partial charge in [-0.2, -0.15) is 0 Å². The molecule has 0 aromatic heterocycles. The molecule has 0 fully saturated rings. The molecule has 2 rings (SSSR count). The third-order valence-corrected chi connectivity index (χ3v) is 3.30. The lowest BCUT2D eigenvalue weighted by Crippen LogP contribution is -2.01. The van der Waals surface area contributed by atoms with E-state index in [4.69, 9.17) is 16.3 Å². The SMILES string of the molecule is CCOc1ccc(-c2cc([N+](=O)[O-])ccc2C(=O)O)c(Cl)c1. The van der Waals surface area contributed by atoms with Crippen molar-refractivity contribution in [3.63, 3.8) is 0 Å². The number of nitro groups is 1. The fourth-order valence-corrected chi connectivity index (χ4v) is 2.30. The number of carboxylic acid groups (broad SMARTS) is 1. The Morgan fingerprint density at radius 3 is 2.55 bits per heavy atom. The summed E-state index contributed by atoms with van der Waals surface area (Å²) in [7, 11) is 0. The summed E-state index contributed by atoms with van der Waals surface area (Å²) in [6.07, 6.45) is 0. The van der Waals surface area contributed by atoms with Crippen LogP contribution in [-0.4, -0.2) is 22.6 Å². The van der Waals surface area contributed by atoms with Gasteiger partial charge in [0.2, 0.25) is 0 Å². The molecular formula is C15H12ClNO5. The second-order valence-corrected chi connectivity index (χ2v) is 4.77. The number of halogens is 1. The van der Waals surface area contributed by atoms with E-state index in [0.717, 1.165) is 6.07 Å². The molecular weight excluding hydrogens is 310 g/mol. The Morgan fingerprint density at radius 2 is 2.00 bits per heavy atom. The Bertz CT molecular complexity index is 745. The summed E-state index contributed by atoms with van der Waals surface area (Å²) in [6.45, 7) is 2.29. The van der Waals surface area contributed by atoms with Crippen molar-refractivity contribution < 1.29 is 19.6 Å². The quantitative estimate of drug-likeness (QED) is 0.663. The first kappa shape index (κ1) is 15.8. The molecule has 0 heterocycles. The fourth-order valence-electron chi connectivity index (χ4n) is 2.03. The van der Waals surface area contributed by atoms with Gasteiger partial charge in [-0.3, -0.25) is 10.1 Å². The van der Waals surface area contributed by atoms with E-state index < -0.39 is 10.9 Å². The predicted molar refractivity (Wildman–Crippen MR) is 81.7 cm³/mol. The zero-order chi connectivity index (χ0) is 16.3. The van der Waals surface area contributed by atoms with E-state index in [2.05, 4.69) is 0 Å². The maximum absolute atomic E-state index is 11.3. The van der Waals surface area contributed by atoms with Crippen molar-refractivity contribution in [1.82, 2.24) is 0 Å². The van der Waals surface area contributed by atoms with Crippen LogP contribution in [0.2, 0.25) is 5.02 Å². The van der Waals surface area contributed by atoms with Crippen molar-refractivity contribution in [2.24, 2.45) is 0 Å². The molecule has 22 heavy (non-hydrogen) atoms. The average molecular weight is 322 g/mol. The predicted octanol–water partition coefficient (Wildman–Crippen LogP) is 4.01. The van der Waals surface area contributed by atoms with E-state index in [1.54, 1.807) is 18.2 Å². The molecule has 114 valence electrons. The number of nitrogens with zero attached hydrogens (tertiary/aromatic N) is 1. The molecule has 7 heteroatoms. The van der Waals surface area contributed by atoms with Crippen molar-refractivity contribution >= 4 is 23.3 Å². The molecule has 6 nitrogen and oxygen atoms in total. The number of carbonyl (C=O) groups is 1. The smallest absolute Gasteiger partial charge is 0.336 e. The number of hydrogen-bond acceptors (Lipinski definition) is 4. The van der Waals surface area contributed by atoms with Crippen molar-refractivity contribution in [2.45, 2.75) is 6.92 Å². The van der Waals surface area contributed by atoms with Crippen molar-refractivity contribution in [3.8, 4) is 16.9 Å². The molecule has 0 spiro atoms. The van der Waals surface area contributed by atoms with Crippen LogP contribution < -0.4 is 4.74 Å². The van der Waals surface area contributed by atoms with Crippen molar-refractivity contribution in [3.05, 3.63) is 57.1 Å². The fraction of sp³-hybridized carbons (Fsp3) is 0.133. The summed E-state index contributed by atoms with van der Waals surface area (Å²) in [4.78, 5) is 21.6. The second-order valence-electron chi connectivity index (χ2n) is 4.37. The largest absolute Gasteiger partial charge is 0.494 e. The number of nitro benzene ring substituents is 1. The van der Waals surface area contributed by atoms with Crippen LogP contribution in [0.5, 0.6) is 5.75 Å². The Hall–Kier alpha value is -2.60. The summed E-state index contributed by atoms with van der Waals surface area (Å²) in [5.41, 5.74) is 0.322. The monoisotopic (exact) mass is 321 g/mol. The summed E-state index contributed by atoms with van der Waals surface area (Å²) in [6, 6.07) is 8.31. The minimum Gasteiger partial charge on any atom is -0.494 e. The van der Waals surface area contributed by atoms with E-state index in [-0.39, 0.29) is 21.8 Å². The molecule has 0 saturated heterocycles. The van der Waals surface area contributed by atoms with Gasteiger partial charge in [0.05, 0.1) is 22.1 Å². The van der Waals surface area contributed by atoms with Crippen molar-refractivity contribution in [2.75, 3.05) is 6.61 Å². The molecule has 0 radical (unpaired) electrons. The molecule has 2 aromatic carbocycles. The maximum atomic E-state index is 11.3. The van der Waals surface area contributed by atoms with Gasteiger partial charge < -0.3 is 9.84 Å². The lowest BCUT2D eigenvalue weighted by atomic mass is 9.98. The number of ether oxygens (including phenoxy) is 1. The normalized spacial score (nSPS) is 10.3. The third kappa shape index (κ3) is 3.17. The molecule has 0 atom stereocenters. The molecule has 0 saturated carbocycles. The minimum absolute atomic E-state index is 0.0586. The molecule has 1 N–H and O–H groups in total. The van der Waals surface area contributed by atoms with Crippen LogP contribution in [0.1, 0.15) is 17.3 Å². The number of non-ortho nitro benzene ring substituents is 1. The lowest BCUT2D eigenvalue weighted by molar-refractivity contribution is -0.384. The third-order valence-electron chi connectivity index (χ3n) is 2.99. The van der Waals surface area contributed by atoms with Crippen LogP contribution in [0.15, 0.2) is 36.4 Å². The Kier molecular flexibility index (Phi) is 4.62. The Balaban J connectivity index is 2.61. The van der Waals surface area contributed by atoms with E-state index in [0.29, 0.717) is 17.9 Å². The van der Waals surface area contributed by atoms with Crippen LogP contribution in [-0.2, 0) is 0 Å². The standard InChI is InChI=1S/C15H12ClNO5/c1-2-22-10-4-6-11(14(16)8-10)13-7-9(17(20)21)3-5-12(13)15(18)19/h3-8H,2H2,1H3,(H,18,19). The van der Waals surface area contributed by atoms with Gasteiger partial charge >= 0.3 is 5.97 Å². The Labute approximate surface area is 131 Å². The average Bonchev–Trinajstić information content (AvgIpc) is 2.47. The van der Waals surface area contributed by atoms with E-state index in [9.17, 15) is 20.0 Å². The highest BCUT2D eigenvalue weighted by Crippen LogP contribution is 2.35. The number of carboxylic acids is 1. The second kappa shape index (κ2) is 6.44. The van der Waals surface area contributed by atoms with Crippen LogP contribution >= 0.6 is 11.6 Å². The summed E-state index contributed by atoms with van der Waals surface area (Å²) in [5.74, 6) is -0.645. The minimum atomic E-state index is -1.19. The summed E-state index contributed by atoms with van der Waals surface area (Å²) in [5, 5.41) is 20.4. The van der Waals surface area contributed by atoms with Gasteiger partial charge in [0.15, 0.2) is 0 Å². The van der Waals surface area contributed by atoms with Gasteiger partial charge in [0.1, 0.15) is 5.75 Å². The van der Waals surface area contributed by atoms with Crippen LogP contribution in [0, 0.1) is 10.1 Å².